The van der Waals surface area contributed by atoms with Gasteiger partial charge in [0.25, 0.3) is 11.2 Å². The van der Waals surface area contributed by atoms with Gasteiger partial charge in [0.15, 0.2) is 0 Å². The Hall–Kier alpha value is -3.30. The molecule has 8 nitrogen and oxygen atoms in total. The zero-order chi connectivity index (χ0) is 17.7. The van der Waals surface area contributed by atoms with Crippen molar-refractivity contribution in [1.82, 2.24) is 4.57 Å². The van der Waals surface area contributed by atoms with Crippen molar-refractivity contribution in [2.24, 2.45) is 0 Å². The van der Waals surface area contributed by atoms with Crippen LogP contribution < -0.4 is 15.6 Å². The minimum atomic E-state index is -3.07. The van der Waals surface area contributed by atoms with Gasteiger partial charge in [0, 0.05) is 12.1 Å². The number of pyridine rings is 1. The number of rotatable bonds is 6. The molecule has 0 bridgehead atoms. The molecular formula is C14H11F2N3O5. The molecule has 1 aromatic carbocycles. The summed E-state index contributed by atoms with van der Waals surface area (Å²) in [5.41, 5.74) is -0.988. The minimum Gasteiger partial charge on any atom is -0.433 e. The van der Waals surface area contributed by atoms with Crippen LogP contribution in [0, 0.1) is 10.1 Å². The molecule has 0 unspecified atom stereocenters. The summed E-state index contributed by atoms with van der Waals surface area (Å²) in [6.07, 6.45) is 0.920. The maximum atomic E-state index is 12.3. The van der Waals surface area contributed by atoms with E-state index in [0.29, 0.717) is 0 Å². The third kappa shape index (κ3) is 4.35. The Balaban J connectivity index is 2.16. The van der Waals surface area contributed by atoms with Gasteiger partial charge in [-0.15, -0.1) is 0 Å². The number of nitrogens with one attached hydrogen (secondary N) is 1. The van der Waals surface area contributed by atoms with Crippen LogP contribution in [0.2, 0.25) is 0 Å². The second kappa shape index (κ2) is 7.31. The maximum absolute atomic E-state index is 12.3. The summed E-state index contributed by atoms with van der Waals surface area (Å²) in [5.74, 6) is -0.977. The number of carbonyl (C=O) groups excluding carboxylic acids is 1. The molecule has 24 heavy (non-hydrogen) atoms. The van der Waals surface area contributed by atoms with E-state index in [4.69, 9.17) is 0 Å². The van der Waals surface area contributed by atoms with Gasteiger partial charge in [-0.3, -0.25) is 24.3 Å². The van der Waals surface area contributed by atoms with Gasteiger partial charge in [-0.2, -0.15) is 8.78 Å². The molecule has 2 rings (SSSR count). The summed E-state index contributed by atoms with van der Waals surface area (Å²) in [7, 11) is 0. The van der Waals surface area contributed by atoms with Crippen molar-refractivity contribution in [1.29, 1.82) is 0 Å². The van der Waals surface area contributed by atoms with Gasteiger partial charge in [-0.05, 0) is 12.1 Å². The fourth-order valence-electron chi connectivity index (χ4n) is 1.86. The SMILES string of the molecule is O=C(Cn1cc([N+](=O)[O-])ccc1=O)Nc1ccccc1OC(F)F. The highest BCUT2D eigenvalue weighted by molar-refractivity contribution is 5.92. The molecule has 2 aromatic rings. The lowest BCUT2D eigenvalue weighted by Gasteiger charge is -2.12. The molecular weight excluding hydrogens is 328 g/mol. The molecule has 1 heterocycles. The highest BCUT2D eigenvalue weighted by atomic mass is 19.3. The minimum absolute atomic E-state index is 0.0127. The van der Waals surface area contributed by atoms with Gasteiger partial charge >= 0.3 is 6.61 Å². The van der Waals surface area contributed by atoms with E-state index in [9.17, 15) is 28.5 Å². The lowest BCUT2D eigenvalue weighted by molar-refractivity contribution is -0.385. The number of benzene rings is 1. The quantitative estimate of drug-likeness (QED) is 0.640. The van der Waals surface area contributed by atoms with Crippen LogP contribution in [0.4, 0.5) is 20.2 Å². The van der Waals surface area contributed by atoms with Gasteiger partial charge < -0.3 is 10.1 Å². The number of carbonyl (C=O) groups is 1. The Labute approximate surface area is 133 Å². The fourth-order valence-corrected chi connectivity index (χ4v) is 1.86. The summed E-state index contributed by atoms with van der Waals surface area (Å²) < 4.78 is 29.7. The Morgan fingerprint density at radius 3 is 2.67 bits per heavy atom. The first-order valence-corrected chi connectivity index (χ1v) is 6.55. The lowest BCUT2D eigenvalue weighted by Crippen LogP contribution is -2.27. The van der Waals surface area contributed by atoms with E-state index in [0.717, 1.165) is 22.9 Å². The molecule has 0 radical (unpaired) electrons. The van der Waals surface area contributed by atoms with Crippen molar-refractivity contribution in [2.75, 3.05) is 5.32 Å². The molecule has 0 saturated heterocycles. The van der Waals surface area contributed by atoms with E-state index in [1.165, 1.54) is 24.3 Å². The Bertz CT molecular complexity index is 822. The van der Waals surface area contributed by atoms with Crippen molar-refractivity contribution in [3.05, 3.63) is 63.1 Å². The molecule has 0 atom stereocenters. The van der Waals surface area contributed by atoms with Gasteiger partial charge in [0.05, 0.1) is 16.8 Å². The van der Waals surface area contributed by atoms with E-state index in [-0.39, 0.29) is 17.1 Å². The van der Waals surface area contributed by atoms with Crippen LogP contribution in [0.25, 0.3) is 0 Å². The van der Waals surface area contributed by atoms with E-state index >= 15 is 0 Å². The Kier molecular flexibility index (Phi) is 5.20. The first kappa shape index (κ1) is 17.1. The summed E-state index contributed by atoms with van der Waals surface area (Å²) >= 11 is 0. The third-order valence-electron chi connectivity index (χ3n) is 2.87. The van der Waals surface area contributed by atoms with Gasteiger partial charge in [0.1, 0.15) is 12.3 Å². The number of alkyl halides is 2. The van der Waals surface area contributed by atoms with Crippen LogP contribution in [0.15, 0.2) is 47.4 Å². The normalized spacial score (nSPS) is 10.5. The Morgan fingerprint density at radius 1 is 1.29 bits per heavy atom. The average molecular weight is 339 g/mol. The molecule has 126 valence electrons. The highest BCUT2D eigenvalue weighted by Crippen LogP contribution is 2.25. The molecule has 10 heteroatoms. The zero-order valence-corrected chi connectivity index (χ0v) is 12.0. The number of ether oxygens (including phenoxy) is 1. The average Bonchev–Trinajstić information content (AvgIpc) is 2.50. The number of nitrogens with zero attached hydrogens (tertiary/aromatic N) is 2. The summed E-state index contributed by atoms with van der Waals surface area (Å²) in [6, 6.07) is 7.49. The largest absolute Gasteiger partial charge is 0.433 e. The Morgan fingerprint density at radius 2 is 2.00 bits per heavy atom. The van der Waals surface area contributed by atoms with E-state index in [1.807, 2.05) is 0 Å². The topological polar surface area (TPSA) is 103 Å². The number of nitro groups is 1. The number of hydrogen-bond donors (Lipinski definition) is 1. The highest BCUT2D eigenvalue weighted by Gasteiger charge is 2.14. The predicted octanol–water partition coefficient (Wildman–Crippen LogP) is 2.00. The number of halogens is 2. The van der Waals surface area contributed by atoms with Crippen LogP contribution in [0.1, 0.15) is 0 Å². The van der Waals surface area contributed by atoms with Crippen molar-refractivity contribution >= 4 is 17.3 Å². The lowest BCUT2D eigenvalue weighted by atomic mass is 10.3. The molecule has 0 fully saturated rings. The van der Waals surface area contributed by atoms with Gasteiger partial charge in [-0.25, -0.2) is 0 Å². The number of hydrogen-bond acceptors (Lipinski definition) is 5. The number of amides is 1. The molecule has 1 amide bonds. The van der Waals surface area contributed by atoms with E-state index in [1.54, 1.807) is 0 Å². The van der Waals surface area contributed by atoms with E-state index in [2.05, 4.69) is 10.1 Å². The fraction of sp³-hybridized carbons (Fsp3) is 0.143. The molecule has 0 saturated carbocycles. The first-order valence-electron chi connectivity index (χ1n) is 6.55. The number of aromatic nitrogens is 1. The number of anilines is 1. The van der Waals surface area contributed by atoms with Crippen molar-refractivity contribution in [3.63, 3.8) is 0 Å². The van der Waals surface area contributed by atoms with Crippen LogP contribution in [0.3, 0.4) is 0 Å². The third-order valence-corrected chi connectivity index (χ3v) is 2.87. The van der Waals surface area contributed by atoms with Crippen molar-refractivity contribution in [2.45, 2.75) is 13.2 Å². The number of para-hydroxylation sites is 2. The van der Waals surface area contributed by atoms with Gasteiger partial charge in [0.2, 0.25) is 5.91 Å². The van der Waals surface area contributed by atoms with Gasteiger partial charge in [-0.1, -0.05) is 12.1 Å². The molecule has 1 aromatic heterocycles. The van der Waals surface area contributed by atoms with E-state index < -0.39 is 29.5 Å². The summed E-state index contributed by atoms with van der Waals surface area (Å²) in [5, 5.41) is 13.0. The molecule has 0 aliphatic rings. The molecule has 0 spiro atoms. The predicted molar refractivity (Wildman–Crippen MR) is 79.1 cm³/mol. The molecule has 1 N–H and O–H groups in total. The monoisotopic (exact) mass is 339 g/mol. The smallest absolute Gasteiger partial charge is 0.387 e. The zero-order valence-electron chi connectivity index (χ0n) is 12.0. The summed E-state index contributed by atoms with van der Waals surface area (Å²) in [6.45, 7) is -3.59. The molecule has 0 aliphatic carbocycles. The standard InChI is InChI=1S/C14H11F2N3O5/c15-14(16)24-11-4-2-1-3-10(11)17-12(20)8-18-7-9(19(22)23)5-6-13(18)21/h1-7,14H,8H2,(H,17,20). The van der Waals surface area contributed by atoms with Crippen molar-refractivity contribution < 1.29 is 23.2 Å². The van der Waals surface area contributed by atoms with Crippen LogP contribution >= 0.6 is 0 Å². The second-order valence-corrected chi connectivity index (χ2v) is 4.53. The maximum Gasteiger partial charge on any atom is 0.387 e. The molecule has 0 aliphatic heterocycles. The van der Waals surface area contributed by atoms with Crippen molar-refractivity contribution in [3.8, 4) is 5.75 Å². The van der Waals surface area contributed by atoms with Crippen LogP contribution in [0.5, 0.6) is 5.75 Å². The summed E-state index contributed by atoms with van der Waals surface area (Å²) in [4.78, 5) is 33.6. The van der Waals surface area contributed by atoms with Crippen LogP contribution in [-0.4, -0.2) is 22.0 Å². The van der Waals surface area contributed by atoms with Crippen LogP contribution in [-0.2, 0) is 11.3 Å². The second-order valence-electron chi connectivity index (χ2n) is 4.53. The first-order chi connectivity index (χ1) is 11.4.